The van der Waals surface area contributed by atoms with Crippen molar-refractivity contribution < 1.29 is 0 Å². The molecular weight excluding hydrogens is 170 g/mol. The van der Waals surface area contributed by atoms with Crippen molar-refractivity contribution in [2.75, 3.05) is 7.05 Å². The molecule has 1 atom stereocenters. The van der Waals surface area contributed by atoms with Gasteiger partial charge < -0.3 is 4.90 Å². The SMILES string of the molecule is C=CCC(C)C(=C)C=C(C)N(C)C=C. The molecule has 1 heteroatoms. The van der Waals surface area contributed by atoms with Gasteiger partial charge in [0.25, 0.3) is 0 Å². The lowest BCUT2D eigenvalue weighted by Crippen LogP contribution is -2.07. The van der Waals surface area contributed by atoms with Crippen LogP contribution in [0, 0.1) is 5.92 Å². The highest BCUT2D eigenvalue weighted by Crippen LogP contribution is 2.16. The average molecular weight is 191 g/mol. The van der Waals surface area contributed by atoms with E-state index in [0.717, 1.165) is 17.7 Å². The smallest absolute Gasteiger partial charge is 0.0142 e. The van der Waals surface area contributed by atoms with Gasteiger partial charge >= 0.3 is 0 Å². The van der Waals surface area contributed by atoms with Crippen LogP contribution in [0.4, 0.5) is 0 Å². The van der Waals surface area contributed by atoms with E-state index in [9.17, 15) is 0 Å². The zero-order valence-electron chi connectivity index (χ0n) is 9.59. The Morgan fingerprint density at radius 1 is 1.43 bits per heavy atom. The van der Waals surface area contributed by atoms with Crippen molar-refractivity contribution in [3.63, 3.8) is 0 Å². The number of allylic oxidation sites excluding steroid dienone is 4. The number of nitrogens with zero attached hydrogens (tertiary/aromatic N) is 1. The predicted molar refractivity (Wildman–Crippen MR) is 64.8 cm³/mol. The van der Waals surface area contributed by atoms with Crippen molar-refractivity contribution in [2.24, 2.45) is 5.92 Å². The van der Waals surface area contributed by atoms with E-state index in [2.05, 4.69) is 32.7 Å². The molecular formula is C13H21N. The van der Waals surface area contributed by atoms with E-state index in [1.54, 1.807) is 6.20 Å². The van der Waals surface area contributed by atoms with Crippen LogP contribution in [0.5, 0.6) is 0 Å². The maximum atomic E-state index is 4.04. The first-order valence-corrected chi connectivity index (χ1v) is 4.86. The molecule has 0 aromatic carbocycles. The Hall–Kier alpha value is -1.24. The zero-order valence-corrected chi connectivity index (χ0v) is 9.59. The summed E-state index contributed by atoms with van der Waals surface area (Å²) >= 11 is 0. The average Bonchev–Trinajstić information content (AvgIpc) is 2.16. The van der Waals surface area contributed by atoms with Gasteiger partial charge in [-0.3, -0.25) is 0 Å². The van der Waals surface area contributed by atoms with Crippen LogP contribution >= 0.6 is 0 Å². The Balaban J connectivity index is 4.41. The lowest BCUT2D eigenvalue weighted by Gasteiger charge is -2.16. The fourth-order valence-corrected chi connectivity index (χ4v) is 1.06. The normalized spacial score (nSPS) is 13.2. The van der Waals surface area contributed by atoms with Crippen molar-refractivity contribution in [1.82, 2.24) is 4.90 Å². The molecule has 0 bridgehead atoms. The molecule has 1 unspecified atom stereocenters. The van der Waals surface area contributed by atoms with Crippen LogP contribution in [-0.4, -0.2) is 11.9 Å². The third-order valence-corrected chi connectivity index (χ3v) is 2.38. The van der Waals surface area contributed by atoms with Gasteiger partial charge in [-0.05, 0) is 31.5 Å². The summed E-state index contributed by atoms with van der Waals surface area (Å²) in [6, 6.07) is 0. The minimum atomic E-state index is 0.459. The van der Waals surface area contributed by atoms with Crippen LogP contribution in [0.25, 0.3) is 0 Å². The van der Waals surface area contributed by atoms with Crippen LogP contribution in [0.3, 0.4) is 0 Å². The highest BCUT2D eigenvalue weighted by molar-refractivity contribution is 5.22. The minimum absolute atomic E-state index is 0.459. The monoisotopic (exact) mass is 191 g/mol. The Labute approximate surface area is 88.1 Å². The van der Waals surface area contributed by atoms with Gasteiger partial charge in [0, 0.05) is 12.7 Å². The summed E-state index contributed by atoms with van der Waals surface area (Å²) in [4.78, 5) is 1.98. The lowest BCUT2D eigenvalue weighted by atomic mass is 9.98. The fourth-order valence-electron chi connectivity index (χ4n) is 1.06. The van der Waals surface area contributed by atoms with E-state index in [4.69, 9.17) is 0 Å². The zero-order chi connectivity index (χ0) is 11.1. The Bertz CT molecular complexity index is 248. The molecule has 0 aliphatic heterocycles. The molecule has 0 N–H and O–H groups in total. The van der Waals surface area contributed by atoms with Crippen LogP contribution < -0.4 is 0 Å². The summed E-state index contributed by atoms with van der Waals surface area (Å²) in [6.07, 6.45) is 6.78. The largest absolute Gasteiger partial charge is 0.355 e. The van der Waals surface area contributed by atoms with Gasteiger partial charge in [-0.1, -0.05) is 31.7 Å². The molecule has 0 aromatic heterocycles. The van der Waals surface area contributed by atoms with Crippen LogP contribution in [0.1, 0.15) is 20.3 Å². The van der Waals surface area contributed by atoms with E-state index >= 15 is 0 Å². The van der Waals surface area contributed by atoms with E-state index in [-0.39, 0.29) is 0 Å². The molecule has 14 heavy (non-hydrogen) atoms. The number of hydrogen-bond acceptors (Lipinski definition) is 1. The molecule has 0 radical (unpaired) electrons. The van der Waals surface area contributed by atoms with Crippen LogP contribution in [0.2, 0.25) is 0 Å². The Morgan fingerprint density at radius 3 is 2.43 bits per heavy atom. The summed E-state index contributed by atoms with van der Waals surface area (Å²) < 4.78 is 0. The van der Waals surface area contributed by atoms with Gasteiger partial charge in [0.05, 0.1) is 0 Å². The van der Waals surface area contributed by atoms with Gasteiger partial charge in [0.15, 0.2) is 0 Å². The minimum Gasteiger partial charge on any atom is -0.355 e. The van der Waals surface area contributed by atoms with Gasteiger partial charge in [0.1, 0.15) is 0 Å². The molecule has 0 saturated heterocycles. The highest BCUT2D eigenvalue weighted by Gasteiger charge is 2.03. The molecule has 0 amide bonds. The van der Waals surface area contributed by atoms with E-state index < -0.39 is 0 Å². The quantitative estimate of drug-likeness (QED) is 0.456. The summed E-state index contributed by atoms with van der Waals surface area (Å²) in [6.45, 7) is 15.7. The van der Waals surface area contributed by atoms with E-state index in [0.29, 0.717) is 5.92 Å². The molecule has 1 nitrogen and oxygen atoms in total. The van der Waals surface area contributed by atoms with E-state index in [1.807, 2.05) is 24.9 Å². The third kappa shape index (κ3) is 4.13. The van der Waals surface area contributed by atoms with Crippen molar-refractivity contribution in [3.8, 4) is 0 Å². The second kappa shape index (κ2) is 6.25. The second-order valence-electron chi connectivity index (χ2n) is 3.58. The topological polar surface area (TPSA) is 3.24 Å². The van der Waals surface area contributed by atoms with Crippen LogP contribution in [-0.2, 0) is 0 Å². The number of hydrogen-bond donors (Lipinski definition) is 0. The van der Waals surface area contributed by atoms with Gasteiger partial charge in [-0.25, -0.2) is 0 Å². The summed E-state index contributed by atoms with van der Waals surface area (Å²) in [5.41, 5.74) is 2.29. The molecule has 0 spiro atoms. The molecule has 0 aromatic rings. The van der Waals surface area contributed by atoms with E-state index in [1.165, 1.54) is 0 Å². The van der Waals surface area contributed by atoms with Gasteiger partial charge in [-0.15, -0.1) is 6.58 Å². The molecule has 0 rings (SSSR count). The third-order valence-electron chi connectivity index (χ3n) is 2.38. The van der Waals surface area contributed by atoms with Crippen molar-refractivity contribution >= 4 is 0 Å². The van der Waals surface area contributed by atoms with Crippen molar-refractivity contribution in [3.05, 3.63) is 49.4 Å². The first kappa shape index (κ1) is 12.8. The molecule has 0 saturated carbocycles. The summed E-state index contributed by atoms with van der Waals surface area (Å²) in [7, 11) is 1.98. The van der Waals surface area contributed by atoms with Crippen molar-refractivity contribution in [1.29, 1.82) is 0 Å². The maximum Gasteiger partial charge on any atom is 0.0142 e. The first-order valence-electron chi connectivity index (χ1n) is 4.86. The second-order valence-corrected chi connectivity index (χ2v) is 3.58. The van der Waals surface area contributed by atoms with Gasteiger partial charge in [0.2, 0.25) is 0 Å². The Kier molecular flexibility index (Phi) is 5.70. The summed E-state index contributed by atoms with van der Waals surface area (Å²) in [5.74, 6) is 0.459. The first-order chi connectivity index (χ1) is 6.52. The number of rotatable bonds is 6. The van der Waals surface area contributed by atoms with Crippen molar-refractivity contribution in [2.45, 2.75) is 20.3 Å². The highest BCUT2D eigenvalue weighted by atomic mass is 15.1. The Morgan fingerprint density at radius 2 is 2.00 bits per heavy atom. The molecule has 0 aliphatic carbocycles. The fraction of sp³-hybridized carbons (Fsp3) is 0.385. The predicted octanol–water partition coefficient (Wildman–Crippen LogP) is 3.73. The molecule has 78 valence electrons. The van der Waals surface area contributed by atoms with Gasteiger partial charge in [-0.2, -0.15) is 0 Å². The summed E-state index contributed by atoms with van der Waals surface area (Å²) in [5, 5.41) is 0. The lowest BCUT2D eigenvalue weighted by molar-refractivity contribution is 0.568. The standard InChI is InChI=1S/C13H21N/c1-7-9-11(3)12(4)10-13(5)14(6)8-2/h7-8,10-11H,1-2,4,9H2,3,5-6H3. The van der Waals surface area contributed by atoms with Crippen LogP contribution in [0.15, 0.2) is 49.4 Å². The molecule has 0 fully saturated rings. The molecule has 0 heterocycles. The molecule has 0 aliphatic rings. The maximum absolute atomic E-state index is 4.04.